The monoisotopic (exact) mass is 272 g/mol. The van der Waals surface area contributed by atoms with Crippen molar-refractivity contribution in [1.82, 2.24) is 0 Å². The lowest BCUT2D eigenvalue weighted by Gasteiger charge is -2.38. The summed E-state index contributed by atoms with van der Waals surface area (Å²) < 4.78 is 11.1. The van der Waals surface area contributed by atoms with E-state index in [1.165, 1.54) is 38.5 Å². The van der Waals surface area contributed by atoms with Crippen molar-refractivity contribution in [1.29, 1.82) is 0 Å². The van der Waals surface area contributed by atoms with E-state index in [4.69, 9.17) is 9.47 Å². The largest absolute Gasteiger partial charge is 0.388 e. The lowest BCUT2D eigenvalue weighted by Crippen LogP contribution is -2.50. The molecule has 19 heavy (non-hydrogen) atoms. The van der Waals surface area contributed by atoms with Crippen LogP contribution < -0.4 is 0 Å². The highest BCUT2D eigenvalue weighted by molar-refractivity contribution is 4.85. The van der Waals surface area contributed by atoms with E-state index in [0.29, 0.717) is 6.61 Å². The van der Waals surface area contributed by atoms with Gasteiger partial charge in [0, 0.05) is 13.0 Å². The fourth-order valence-corrected chi connectivity index (χ4v) is 2.95. The van der Waals surface area contributed by atoms with Gasteiger partial charge in [0.15, 0.2) is 0 Å². The molecular weight excluding hydrogens is 240 g/mol. The van der Waals surface area contributed by atoms with Crippen LogP contribution in [0.25, 0.3) is 0 Å². The Labute approximate surface area is 118 Å². The molecule has 0 bridgehead atoms. The predicted molar refractivity (Wildman–Crippen MR) is 78.3 cm³/mol. The van der Waals surface area contributed by atoms with Crippen LogP contribution in [0.5, 0.6) is 0 Å². The molecular formula is C16H32O3. The molecule has 0 spiro atoms. The molecule has 0 amide bonds. The molecule has 0 aromatic rings. The lowest BCUT2D eigenvalue weighted by molar-refractivity contribution is -0.172. The summed E-state index contributed by atoms with van der Waals surface area (Å²) in [4.78, 5) is 0. The SMILES string of the molecule is CCCCCCCCC[C@@H]1OC[C@@H](C)[C@H](OC)[C@@H]1O. The van der Waals surface area contributed by atoms with Gasteiger partial charge in [-0.15, -0.1) is 0 Å². The smallest absolute Gasteiger partial charge is 0.107 e. The average Bonchev–Trinajstić information content (AvgIpc) is 2.40. The lowest BCUT2D eigenvalue weighted by atomic mass is 9.91. The number of methoxy groups -OCH3 is 1. The molecule has 1 fully saturated rings. The van der Waals surface area contributed by atoms with Crippen molar-refractivity contribution >= 4 is 0 Å². The molecule has 1 saturated heterocycles. The molecule has 3 nitrogen and oxygen atoms in total. The third-order valence-electron chi connectivity index (χ3n) is 4.22. The second-order valence-corrected chi connectivity index (χ2v) is 5.95. The minimum Gasteiger partial charge on any atom is -0.388 e. The summed E-state index contributed by atoms with van der Waals surface area (Å²) in [5.41, 5.74) is 0. The molecule has 1 aliphatic heterocycles. The van der Waals surface area contributed by atoms with Crippen LogP contribution in [0.3, 0.4) is 0 Å². The van der Waals surface area contributed by atoms with Crippen molar-refractivity contribution in [2.24, 2.45) is 5.92 Å². The molecule has 1 N–H and O–H groups in total. The van der Waals surface area contributed by atoms with Crippen molar-refractivity contribution < 1.29 is 14.6 Å². The van der Waals surface area contributed by atoms with Gasteiger partial charge in [0.05, 0.1) is 18.8 Å². The number of rotatable bonds is 9. The second kappa shape index (κ2) is 9.73. The maximum atomic E-state index is 10.2. The Kier molecular flexibility index (Phi) is 8.67. The Hall–Kier alpha value is -0.120. The molecule has 1 aliphatic rings. The first-order valence-electron chi connectivity index (χ1n) is 8.03. The van der Waals surface area contributed by atoms with Crippen LogP contribution in [0.1, 0.15) is 65.2 Å². The maximum absolute atomic E-state index is 10.2. The highest BCUT2D eigenvalue weighted by Crippen LogP contribution is 2.25. The number of aliphatic hydroxyl groups is 1. The molecule has 4 atom stereocenters. The molecule has 0 saturated carbocycles. The fraction of sp³-hybridized carbons (Fsp3) is 1.00. The first-order valence-corrected chi connectivity index (χ1v) is 8.03. The van der Waals surface area contributed by atoms with Gasteiger partial charge in [0.25, 0.3) is 0 Å². The summed E-state index contributed by atoms with van der Waals surface area (Å²) >= 11 is 0. The summed E-state index contributed by atoms with van der Waals surface area (Å²) in [6, 6.07) is 0. The first kappa shape index (κ1) is 16.9. The summed E-state index contributed by atoms with van der Waals surface area (Å²) in [5.74, 6) is 0.283. The third kappa shape index (κ3) is 5.80. The fourth-order valence-electron chi connectivity index (χ4n) is 2.95. The van der Waals surface area contributed by atoms with Gasteiger partial charge in [0.1, 0.15) is 6.10 Å². The van der Waals surface area contributed by atoms with Crippen LogP contribution in [0.4, 0.5) is 0 Å². The Morgan fingerprint density at radius 1 is 1.11 bits per heavy atom. The van der Waals surface area contributed by atoms with Gasteiger partial charge in [-0.1, -0.05) is 58.8 Å². The van der Waals surface area contributed by atoms with Crippen molar-refractivity contribution in [3.05, 3.63) is 0 Å². The van der Waals surface area contributed by atoms with E-state index in [0.717, 1.165) is 12.8 Å². The summed E-state index contributed by atoms with van der Waals surface area (Å²) in [5, 5.41) is 10.2. The van der Waals surface area contributed by atoms with Crippen LogP contribution in [0.15, 0.2) is 0 Å². The number of aliphatic hydroxyl groups excluding tert-OH is 1. The van der Waals surface area contributed by atoms with Gasteiger partial charge in [-0.2, -0.15) is 0 Å². The zero-order valence-electron chi connectivity index (χ0n) is 12.9. The van der Waals surface area contributed by atoms with E-state index in [-0.39, 0.29) is 18.1 Å². The van der Waals surface area contributed by atoms with E-state index in [2.05, 4.69) is 13.8 Å². The average molecular weight is 272 g/mol. The Morgan fingerprint density at radius 3 is 2.37 bits per heavy atom. The Balaban J connectivity index is 2.12. The van der Waals surface area contributed by atoms with Gasteiger partial charge >= 0.3 is 0 Å². The van der Waals surface area contributed by atoms with E-state index >= 15 is 0 Å². The third-order valence-corrected chi connectivity index (χ3v) is 4.22. The van der Waals surface area contributed by atoms with Crippen LogP contribution in [0.2, 0.25) is 0 Å². The molecule has 114 valence electrons. The second-order valence-electron chi connectivity index (χ2n) is 5.95. The molecule has 0 radical (unpaired) electrons. The summed E-state index contributed by atoms with van der Waals surface area (Å²) in [7, 11) is 1.68. The van der Waals surface area contributed by atoms with E-state index in [9.17, 15) is 5.11 Å². The van der Waals surface area contributed by atoms with Gasteiger partial charge in [-0.25, -0.2) is 0 Å². The minimum absolute atomic E-state index is 0.0307. The van der Waals surface area contributed by atoms with Gasteiger partial charge in [0.2, 0.25) is 0 Å². The molecule has 0 aromatic heterocycles. The quantitative estimate of drug-likeness (QED) is 0.652. The van der Waals surface area contributed by atoms with E-state index in [1.54, 1.807) is 7.11 Å². The van der Waals surface area contributed by atoms with E-state index in [1.807, 2.05) is 0 Å². The summed E-state index contributed by atoms with van der Waals surface area (Å²) in [6.45, 7) is 5.02. The maximum Gasteiger partial charge on any atom is 0.107 e. The van der Waals surface area contributed by atoms with Gasteiger partial charge in [-0.05, 0) is 6.42 Å². The number of hydrogen-bond donors (Lipinski definition) is 1. The van der Waals surface area contributed by atoms with E-state index < -0.39 is 6.10 Å². The summed E-state index contributed by atoms with van der Waals surface area (Å²) in [6.07, 6.45) is 9.49. The van der Waals surface area contributed by atoms with Crippen LogP contribution in [-0.2, 0) is 9.47 Å². The topological polar surface area (TPSA) is 38.7 Å². The minimum atomic E-state index is -0.464. The molecule has 1 rings (SSSR count). The highest BCUT2D eigenvalue weighted by atomic mass is 16.5. The Bertz CT molecular complexity index is 220. The van der Waals surface area contributed by atoms with Crippen molar-refractivity contribution in [2.45, 2.75) is 83.5 Å². The molecule has 0 aliphatic carbocycles. The molecule has 0 aromatic carbocycles. The predicted octanol–water partition coefficient (Wildman–Crippen LogP) is 3.54. The van der Waals surface area contributed by atoms with Crippen LogP contribution in [-0.4, -0.2) is 37.1 Å². The molecule has 0 unspecified atom stereocenters. The van der Waals surface area contributed by atoms with Crippen LogP contribution in [0, 0.1) is 5.92 Å². The van der Waals surface area contributed by atoms with Crippen molar-refractivity contribution in [3.8, 4) is 0 Å². The highest BCUT2D eigenvalue weighted by Gasteiger charge is 2.36. The standard InChI is InChI=1S/C16H32O3/c1-4-5-6-7-8-9-10-11-14-15(17)16(18-3)13(2)12-19-14/h13-17H,4-12H2,1-3H3/t13-,14+,15-,16+/m1/s1. The zero-order chi connectivity index (χ0) is 14.1. The molecule has 1 heterocycles. The molecule has 3 heteroatoms. The van der Waals surface area contributed by atoms with Gasteiger partial charge < -0.3 is 14.6 Å². The van der Waals surface area contributed by atoms with Crippen LogP contribution >= 0.6 is 0 Å². The zero-order valence-corrected chi connectivity index (χ0v) is 12.9. The Morgan fingerprint density at radius 2 is 1.74 bits per heavy atom. The van der Waals surface area contributed by atoms with Crippen molar-refractivity contribution in [3.63, 3.8) is 0 Å². The number of ether oxygens (including phenoxy) is 2. The van der Waals surface area contributed by atoms with Crippen molar-refractivity contribution in [2.75, 3.05) is 13.7 Å². The first-order chi connectivity index (χ1) is 9.20. The van der Waals surface area contributed by atoms with Gasteiger partial charge in [-0.3, -0.25) is 0 Å². The normalized spacial score (nSPS) is 31.6. The number of hydrogen-bond acceptors (Lipinski definition) is 3. The number of unbranched alkanes of at least 4 members (excludes halogenated alkanes) is 6.